The highest BCUT2D eigenvalue weighted by Gasteiger charge is 2.61. The summed E-state index contributed by atoms with van der Waals surface area (Å²) in [4.78, 5) is 12.4. The number of carbonyl (C=O) groups is 1. The van der Waals surface area contributed by atoms with Crippen LogP contribution in [0, 0.1) is 16.7 Å². The van der Waals surface area contributed by atoms with Gasteiger partial charge in [-0.05, 0) is 54.2 Å². The lowest BCUT2D eigenvalue weighted by atomic mass is 9.69. The smallest absolute Gasteiger partial charge is 0.349 e. The molecular formula is C18H22F3NO. The van der Waals surface area contributed by atoms with Crippen LogP contribution in [0.25, 0.3) is 0 Å². The van der Waals surface area contributed by atoms with Gasteiger partial charge in [0.15, 0.2) is 0 Å². The van der Waals surface area contributed by atoms with Gasteiger partial charge in [-0.15, -0.1) is 0 Å². The third-order valence-electron chi connectivity index (χ3n) is 6.55. The normalized spacial score (nSPS) is 32.1. The Hall–Kier alpha value is -1.52. The van der Waals surface area contributed by atoms with Gasteiger partial charge in [0.2, 0.25) is 0 Å². The van der Waals surface area contributed by atoms with Crippen LogP contribution in [0.15, 0.2) is 24.3 Å². The molecule has 0 spiro atoms. The van der Waals surface area contributed by atoms with Crippen molar-refractivity contribution in [2.24, 2.45) is 16.7 Å². The number of amides is 1. The summed E-state index contributed by atoms with van der Waals surface area (Å²) in [5.41, 5.74) is -0.554. The number of hydrogen-bond acceptors (Lipinski definition) is 1. The molecule has 2 saturated carbocycles. The third kappa shape index (κ3) is 2.45. The highest BCUT2D eigenvalue weighted by atomic mass is 19.4. The second kappa shape index (κ2) is 4.99. The van der Waals surface area contributed by atoms with Crippen LogP contribution in [-0.2, 0) is 6.18 Å². The van der Waals surface area contributed by atoms with Crippen LogP contribution >= 0.6 is 0 Å². The van der Waals surface area contributed by atoms with E-state index in [1.807, 2.05) is 0 Å². The molecule has 3 rings (SSSR count). The van der Waals surface area contributed by atoms with E-state index in [1.165, 1.54) is 18.6 Å². The van der Waals surface area contributed by atoms with Crippen molar-refractivity contribution in [1.82, 2.24) is 5.32 Å². The van der Waals surface area contributed by atoms with E-state index in [1.54, 1.807) is 0 Å². The minimum absolute atomic E-state index is 0.00889. The van der Waals surface area contributed by atoms with Crippen molar-refractivity contribution in [3.05, 3.63) is 35.4 Å². The number of halogens is 3. The molecule has 0 radical (unpaired) electrons. The van der Waals surface area contributed by atoms with Gasteiger partial charge in [0.05, 0.1) is 5.56 Å². The average Bonchev–Trinajstić information content (AvgIpc) is 2.80. The fraction of sp³-hybridized carbons (Fsp3) is 0.611. The quantitative estimate of drug-likeness (QED) is 0.842. The summed E-state index contributed by atoms with van der Waals surface area (Å²) in [5.74, 6) is 0.157. The van der Waals surface area contributed by atoms with Gasteiger partial charge in [0, 0.05) is 11.6 Å². The van der Waals surface area contributed by atoms with Gasteiger partial charge in [-0.25, -0.2) is 0 Å². The van der Waals surface area contributed by atoms with E-state index < -0.39 is 17.6 Å². The zero-order valence-corrected chi connectivity index (χ0v) is 13.6. The number of nitrogens with one attached hydrogen (secondary N) is 1. The first-order valence-corrected chi connectivity index (χ1v) is 8.04. The number of hydrogen-bond donors (Lipinski definition) is 1. The monoisotopic (exact) mass is 325 g/mol. The minimum Gasteiger partial charge on any atom is -0.349 e. The van der Waals surface area contributed by atoms with E-state index in [2.05, 4.69) is 26.1 Å². The largest absolute Gasteiger partial charge is 0.416 e. The van der Waals surface area contributed by atoms with Crippen LogP contribution in [0.4, 0.5) is 13.2 Å². The molecule has 1 amide bonds. The lowest BCUT2D eigenvalue weighted by Crippen LogP contribution is -2.46. The van der Waals surface area contributed by atoms with Crippen molar-refractivity contribution in [3.8, 4) is 0 Å². The topological polar surface area (TPSA) is 29.1 Å². The van der Waals surface area contributed by atoms with Crippen molar-refractivity contribution in [2.75, 3.05) is 0 Å². The molecule has 1 aromatic carbocycles. The van der Waals surface area contributed by atoms with Gasteiger partial charge in [-0.3, -0.25) is 4.79 Å². The highest BCUT2D eigenvalue weighted by molar-refractivity contribution is 5.94. The molecule has 1 aromatic rings. The molecular weight excluding hydrogens is 303 g/mol. The Morgan fingerprint density at radius 1 is 1.26 bits per heavy atom. The van der Waals surface area contributed by atoms with E-state index in [4.69, 9.17) is 0 Å². The summed E-state index contributed by atoms with van der Waals surface area (Å²) >= 11 is 0. The van der Waals surface area contributed by atoms with Crippen molar-refractivity contribution in [2.45, 2.75) is 52.3 Å². The minimum atomic E-state index is -4.43. The first-order valence-electron chi connectivity index (χ1n) is 8.04. The summed E-state index contributed by atoms with van der Waals surface area (Å²) in [7, 11) is 0. The molecule has 3 atom stereocenters. The maximum absolute atomic E-state index is 12.8. The fourth-order valence-corrected chi connectivity index (χ4v) is 4.50. The van der Waals surface area contributed by atoms with Crippen LogP contribution < -0.4 is 5.32 Å². The molecule has 2 fully saturated rings. The number of alkyl halides is 3. The van der Waals surface area contributed by atoms with Gasteiger partial charge >= 0.3 is 6.18 Å². The number of carbonyl (C=O) groups excluding carboxylic acids is 1. The molecule has 126 valence electrons. The van der Waals surface area contributed by atoms with Crippen molar-refractivity contribution in [1.29, 1.82) is 0 Å². The van der Waals surface area contributed by atoms with E-state index in [0.717, 1.165) is 25.0 Å². The molecule has 0 aliphatic heterocycles. The van der Waals surface area contributed by atoms with Gasteiger partial charge in [0.1, 0.15) is 0 Å². The lowest BCUT2D eigenvalue weighted by molar-refractivity contribution is -0.137. The zero-order chi connectivity index (χ0) is 17.0. The van der Waals surface area contributed by atoms with Gasteiger partial charge in [-0.1, -0.05) is 26.8 Å². The average molecular weight is 325 g/mol. The molecule has 5 heteroatoms. The summed E-state index contributed by atoms with van der Waals surface area (Å²) in [5, 5.41) is 3.00. The van der Waals surface area contributed by atoms with E-state index >= 15 is 0 Å². The Morgan fingerprint density at radius 3 is 2.48 bits per heavy atom. The SMILES string of the molecule is CC1(C)[C@H]2CC[C@@]1(C)[C@H](NC(=O)c1cccc(C(F)(F)F)c1)C2. The van der Waals surface area contributed by atoms with E-state index in [-0.39, 0.29) is 22.4 Å². The molecule has 0 unspecified atom stereocenters. The molecule has 2 aliphatic carbocycles. The van der Waals surface area contributed by atoms with Crippen molar-refractivity contribution < 1.29 is 18.0 Å². The number of rotatable bonds is 2. The second-order valence-electron chi connectivity index (χ2n) is 7.72. The maximum Gasteiger partial charge on any atom is 0.416 e. The molecule has 0 aromatic heterocycles. The molecule has 0 heterocycles. The second-order valence-corrected chi connectivity index (χ2v) is 7.72. The summed E-state index contributed by atoms with van der Waals surface area (Å²) in [6.45, 7) is 6.67. The predicted molar refractivity (Wildman–Crippen MR) is 81.9 cm³/mol. The van der Waals surface area contributed by atoms with Crippen LogP contribution in [-0.4, -0.2) is 11.9 Å². The first-order chi connectivity index (χ1) is 10.6. The number of benzene rings is 1. The van der Waals surface area contributed by atoms with Crippen molar-refractivity contribution >= 4 is 5.91 Å². The van der Waals surface area contributed by atoms with Gasteiger partial charge in [-0.2, -0.15) is 13.2 Å². The van der Waals surface area contributed by atoms with Crippen molar-refractivity contribution in [3.63, 3.8) is 0 Å². The van der Waals surface area contributed by atoms with Gasteiger partial charge < -0.3 is 5.32 Å². The van der Waals surface area contributed by atoms with Crippen LogP contribution in [0.5, 0.6) is 0 Å². The van der Waals surface area contributed by atoms with Crippen LogP contribution in [0.3, 0.4) is 0 Å². The predicted octanol–water partition coefficient (Wildman–Crippen LogP) is 4.65. The van der Waals surface area contributed by atoms with E-state index in [0.29, 0.717) is 5.92 Å². The van der Waals surface area contributed by atoms with Crippen LogP contribution in [0.1, 0.15) is 56.0 Å². The molecule has 2 nitrogen and oxygen atoms in total. The Morgan fingerprint density at radius 2 is 1.96 bits per heavy atom. The standard InChI is InChI=1S/C18H22F3NO/c1-16(2)12-7-8-17(16,3)14(10-12)22-15(23)11-5-4-6-13(9-11)18(19,20)21/h4-6,9,12,14H,7-8,10H2,1-3H3,(H,22,23)/t12-,14+,17-/m0/s1. The lowest BCUT2D eigenvalue weighted by Gasteiger charge is -2.39. The Kier molecular flexibility index (Phi) is 3.54. The first kappa shape index (κ1) is 16.3. The summed E-state index contributed by atoms with van der Waals surface area (Å²) in [6, 6.07) is 4.66. The maximum atomic E-state index is 12.8. The molecule has 23 heavy (non-hydrogen) atoms. The van der Waals surface area contributed by atoms with Gasteiger partial charge in [0.25, 0.3) is 5.91 Å². The molecule has 1 N–H and O–H groups in total. The Bertz CT molecular complexity index is 637. The summed E-state index contributed by atoms with van der Waals surface area (Å²) in [6.07, 6.45) is -1.30. The Labute approximate surface area is 134 Å². The number of fused-ring (bicyclic) bond motifs is 2. The molecule has 2 aliphatic rings. The van der Waals surface area contributed by atoms with Crippen LogP contribution in [0.2, 0.25) is 0 Å². The summed E-state index contributed by atoms with van der Waals surface area (Å²) < 4.78 is 38.4. The van der Waals surface area contributed by atoms with E-state index in [9.17, 15) is 18.0 Å². The molecule has 0 saturated heterocycles. The Balaban J connectivity index is 1.79. The fourth-order valence-electron chi connectivity index (χ4n) is 4.50. The highest BCUT2D eigenvalue weighted by Crippen LogP contribution is 2.65. The third-order valence-corrected chi connectivity index (χ3v) is 6.55. The molecule has 2 bridgehead atoms. The zero-order valence-electron chi connectivity index (χ0n) is 13.6.